The molecule has 138 valence electrons. The molecule has 4 heteroatoms. The third kappa shape index (κ3) is 3.98. The Labute approximate surface area is 161 Å². The first-order chi connectivity index (χ1) is 13.2. The van der Waals surface area contributed by atoms with Gasteiger partial charge < -0.3 is 9.80 Å². The summed E-state index contributed by atoms with van der Waals surface area (Å²) < 4.78 is 0. The van der Waals surface area contributed by atoms with Gasteiger partial charge in [-0.15, -0.1) is 0 Å². The number of piperidine rings is 1. The van der Waals surface area contributed by atoms with Gasteiger partial charge in [0.2, 0.25) is 5.91 Å². The first-order valence-corrected chi connectivity index (χ1v) is 9.82. The molecule has 4 rings (SSSR count). The van der Waals surface area contributed by atoms with Gasteiger partial charge in [0.05, 0.1) is 11.6 Å². The molecule has 0 radical (unpaired) electrons. The number of benzene rings is 2. The molecule has 2 aliphatic heterocycles. The molecule has 0 N–H and O–H groups in total. The quantitative estimate of drug-likeness (QED) is 0.838. The fourth-order valence-electron chi connectivity index (χ4n) is 4.23. The number of fused-ring (bicyclic) bond motifs is 1. The number of nitrogens with zero attached hydrogens (tertiary/aromatic N) is 3. The molecule has 0 bridgehead atoms. The number of hydrogen-bond acceptors (Lipinski definition) is 3. The van der Waals surface area contributed by atoms with Crippen LogP contribution < -0.4 is 4.90 Å². The topological polar surface area (TPSA) is 47.3 Å². The zero-order chi connectivity index (χ0) is 18.6. The summed E-state index contributed by atoms with van der Waals surface area (Å²) in [7, 11) is 0. The van der Waals surface area contributed by atoms with E-state index in [-0.39, 0.29) is 0 Å². The van der Waals surface area contributed by atoms with Crippen LogP contribution in [0, 0.1) is 17.2 Å². The molecule has 0 spiro atoms. The predicted octanol–water partition coefficient (Wildman–Crippen LogP) is 3.75. The summed E-state index contributed by atoms with van der Waals surface area (Å²) in [6, 6.07) is 18.4. The van der Waals surface area contributed by atoms with Crippen LogP contribution in [0.3, 0.4) is 0 Å². The number of carbonyl (C=O) groups is 1. The van der Waals surface area contributed by atoms with E-state index in [1.165, 1.54) is 16.8 Å². The van der Waals surface area contributed by atoms with E-state index >= 15 is 0 Å². The van der Waals surface area contributed by atoms with Crippen LogP contribution in [0.25, 0.3) is 0 Å². The van der Waals surface area contributed by atoms with Gasteiger partial charge in [-0.1, -0.05) is 24.3 Å². The van der Waals surface area contributed by atoms with Gasteiger partial charge in [0, 0.05) is 38.3 Å². The summed E-state index contributed by atoms with van der Waals surface area (Å²) in [5.41, 5.74) is 4.55. The molecule has 2 aromatic carbocycles. The largest absolute Gasteiger partial charge is 0.372 e. The molecule has 0 aromatic heterocycles. The van der Waals surface area contributed by atoms with E-state index in [2.05, 4.69) is 35.2 Å². The highest BCUT2D eigenvalue weighted by atomic mass is 16.2. The van der Waals surface area contributed by atoms with Gasteiger partial charge >= 0.3 is 0 Å². The second-order valence-electron chi connectivity index (χ2n) is 7.63. The van der Waals surface area contributed by atoms with Crippen LogP contribution >= 0.6 is 0 Å². The second-order valence-corrected chi connectivity index (χ2v) is 7.63. The number of anilines is 1. The Morgan fingerprint density at radius 2 is 1.70 bits per heavy atom. The Morgan fingerprint density at radius 1 is 1.00 bits per heavy atom. The SMILES string of the molecule is N#Cc1ccc(N2CCC(CC(=O)N3CCc4ccccc4C3)CC2)cc1. The van der Waals surface area contributed by atoms with Crippen molar-refractivity contribution in [2.45, 2.75) is 32.2 Å². The van der Waals surface area contributed by atoms with E-state index in [0.29, 0.717) is 23.8 Å². The molecule has 0 aliphatic carbocycles. The van der Waals surface area contributed by atoms with Crippen LogP contribution in [0.2, 0.25) is 0 Å². The van der Waals surface area contributed by atoms with E-state index in [4.69, 9.17) is 5.26 Å². The van der Waals surface area contributed by atoms with Crippen molar-refractivity contribution in [3.8, 4) is 6.07 Å². The van der Waals surface area contributed by atoms with E-state index in [9.17, 15) is 4.79 Å². The maximum atomic E-state index is 12.8. The van der Waals surface area contributed by atoms with Gasteiger partial charge in [0.1, 0.15) is 0 Å². The minimum atomic E-state index is 0.307. The smallest absolute Gasteiger partial charge is 0.223 e. The van der Waals surface area contributed by atoms with Crippen molar-refractivity contribution in [2.24, 2.45) is 5.92 Å². The van der Waals surface area contributed by atoms with Crippen LogP contribution in [0.5, 0.6) is 0 Å². The molecule has 1 fully saturated rings. The van der Waals surface area contributed by atoms with E-state index < -0.39 is 0 Å². The van der Waals surface area contributed by atoms with Gasteiger partial charge in [-0.05, 0) is 60.6 Å². The first kappa shape index (κ1) is 17.6. The molecule has 4 nitrogen and oxygen atoms in total. The van der Waals surface area contributed by atoms with Crippen molar-refractivity contribution in [1.82, 2.24) is 4.90 Å². The minimum absolute atomic E-state index is 0.307. The van der Waals surface area contributed by atoms with Crippen molar-refractivity contribution in [1.29, 1.82) is 5.26 Å². The van der Waals surface area contributed by atoms with Crippen molar-refractivity contribution in [3.63, 3.8) is 0 Å². The Kier molecular flexibility index (Phi) is 5.11. The van der Waals surface area contributed by atoms with Crippen LogP contribution in [-0.2, 0) is 17.8 Å². The zero-order valence-electron chi connectivity index (χ0n) is 15.6. The van der Waals surface area contributed by atoms with Crippen molar-refractivity contribution >= 4 is 11.6 Å². The summed E-state index contributed by atoms with van der Waals surface area (Å²) in [5.74, 6) is 0.783. The summed E-state index contributed by atoms with van der Waals surface area (Å²) in [4.78, 5) is 17.2. The van der Waals surface area contributed by atoms with Gasteiger partial charge in [-0.2, -0.15) is 5.26 Å². The Bertz CT molecular complexity index is 845. The van der Waals surface area contributed by atoms with E-state index in [1.54, 1.807) is 0 Å². The average molecular weight is 359 g/mol. The fraction of sp³-hybridized carbons (Fsp3) is 0.391. The minimum Gasteiger partial charge on any atom is -0.372 e. The number of carbonyl (C=O) groups excluding carboxylic acids is 1. The molecular formula is C23H25N3O. The molecule has 0 saturated carbocycles. The predicted molar refractivity (Wildman–Crippen MR) is 106 cm³/mol. The highest BCUT2D eigenvalue weighted by Crippen LogP contribution is 2.27. The number of hydrogen-bond donors (Lipinski definition) is 0. The normalized spacial score (nSPS) is 17.3. The second kappa shape index (κ2) is 7.84. The molecule has 0 atom stereocenters. The van der Waals surface area contributed by atoms with Crippen LogP contribution in [0.15, 0.2) is 48.5 Å². The fourth-order valence-corrected chi connectivity index (χ4v) is 4.23. The van der Waals surface area contributed by atoms with Gasteiger partial charge in [0.15, 0.2) is 0 Å². The lowest BCUT2D eigenvalue weighted by Crippen LogP contribution is -2.39. The highest BCUT2D eigenvalue weighted by molar-refractivity contribution is 5.76. The number of rotatable bonds is 3. The molecule has 1 amide bonds. The lowest BCUT2D eigenvalue weighted by molar-refractivity contribution is -0.133. The third-order valence-electron chi connectivity index (χ3n) is 5.92. The monoisotopic (exact) mass is 359 g/mol. The molecule has 2 heterocycles. The molecule has 0 unspecified atom stereocenters. The summed E-state index contributed by atoms with van der Waals surface area (Å²) >= 11 is 0. The summed E-state index contributed by atoms with van der Waals surface area (Å²) in [5, 5.41) is 8.92. The van der Waals surface area contributed by atoms with Gasteiger partial charge in [-0.25, -0.2) is 0 Å². The molecule has 2 aliphatic rings. The zero-order valence-corrected chi connectivity index (χ0v) is 15.6. The number of amides is 1. The maximum Gasteiger partial charge on any atom is 0.223 e. The van der Waals surface area contributed by atoms with Crippen molar-refractivity contribution in [3.05, 3.63) is 65.2 Å². The molecule has 2 aromatic rings. The molecule has 1 saturated heterocycles. The summed E-state index contributed by atoms with van der Waals surface area (Å²) in [6.45, 7) is 3.57. The standard InChI is InChI=1S/C23H25N3O/c24-16-19-5-7-22(8-6-19)25-12-9-18(10-13-25)15-23(27)26-14-11-20-3-1-2-4-21(20)17-26/h1-8,18H,9-15,17H2. The lowest BCUT2D eigenvalue weighted by atomic mass is 9.92. The third-order valence-corrected chi connectivity index (χ3v) is 5.92. The van der Waals surface area contributed by atoms with E-state index in [1.807, 2.05) is 29.2 Å². The Balaban J connectivity index is 1.29. The average Bonchev–Trinajstić information content (AvgIpc) is 2.74. The summed E-state index contributed by atoms with van der Waals surface area (Å²) in [6.07, 6.45) is 3.74. The van der Waals surface area contributed by atoms with E-state index in [0.717, 1.165) is 45.4 Å². The Morgan fingerprint density at radius 3 is 2.41 bits per heavy atom. The van der Waals surface area contributed by atoms with Gasteiger partial charge in [0.25, 0.3) is 0 Å². The van der Waals surface area contributed by atoms with Crippen LogP contribution in [0.1, 0.15) is 36.0 Å². The van der Waals surface area contributed by atoms with Gasteiger partial charge in [-0.3, -0.25) is 4.79 Å². The molecular weight excluding hydrogens is 334 g/mol. The number of nitriles is 1. The van der Waals surface area contributed by atoms with Crippen molar-refractivity contribution in [2.75, 3.05) is 24.5 Å². The van der Waals surface area contributed by atoms with Crippen LogP contribution in [-0.4, -0.2) is 30.4 Å². The van der Waals surface area contributed by atoms with Crippen LogP contribution in [0.4, 0.5) is 5.69 Å². The van der Waals surface area contributed by atoms with Crippen molar-refractivity contribution < 1.29 is 4.79 Å². The first-order valence-electron chi connectivity index (χ1n) is 9.82. The lowest BCUT2D eigenvalue weighted by Gasteiger charge is -2.35. The Hall–Kier alpha value is -2.80. The molecule has 27 heavy (non-hydrogen) atoms. The highest BCUT2D eigenvalue weighted by Gasteiger charge is 2.26. The maximum absolute atomic E-state index is 12.8.